The van der Waals surface area contributed by atoms with Crippen LogP contribution in [-0.4, -0.2) is 38.9 Å². The van der Waals surface area contributed by atoms with Gasteiger partial charge in [-0.1, -0.05) is 6.07 Å². The Labute approximate surface area is 178 Å². The number of aromatic nitrogens is 3. The Balaban J connectivity index is 1.24. The maximum absolute atomic E-state index is 12.7. The van der Waals surface area contributed by atoms with E-state index < -0.39 is 0 Å². The number of hydrogen-bond donors (Lipinski definition) is 1. The van der Waals surface area contributed by atoms with E-state index in [2.05, 4.69) is 33.2 Å². The first-order chi connectivity index (χ1) is 14.6. The highest BCUT2D eigenvalue weighted by Gasteiger charge is 2.24. The van der Waals surface area contributed by atoms with E-state index in [9.17, 15) is 4.79 Å². The molecular weight excluding hydrogens is 394 g/mol. The van der Waals surface area contributed by atoms with Crippen LogP contribution in [0, 0.1) is 24.2 Å². The largest absolute Gasteiger partial charge is 0.361 e. The van der Waals surface area contributed by atoms with Gasteiger partial charge < -0.3 is 9.88 Å². The smallest absolute Gasteiger partial charge is 0.261 e. The van der Waals surface area contributed by atoms with Crippen molar-refractivity contribution in [3.05, 3.63) is 68.7 Å². The van der Waals surface area contributed by atoms with Crippen molar-refractivity contribution in [1.29, 1.82) is 5.26 Å². The van der Waals surface area contributed by atoms with Crippen molar-refractivity contribution < 1.29 is 0 Å². The van der Waals surface area contributed by atoms with Crippen molar-refractivity contribution in [2.75, 3.05) is 19.6 Å². The third-order valence-electron chi connectivity index (χ3n) is 6.22. The highest BCUT2D eigenvalue weighted by atomic mass is 32.1. The van der Waals surface area contributed by atoms with Gasteiger partial charge in [0.15, 0.2) is 4.96 Å². The standard InChI is InChI=1S/C23H23N5OS/c1-15-19(22(29)28-8-9-30-23(28)26-15)5-7-27-6-4-17(14-27)10-18-13-25-21-11-16(12-24)2-3-20(18)21/h2-3,8-9,11,13,17,25H,4-7,10,14H2,1H3. The molecule has 1 aromatic carbocycles. The lowest BCUT2D eigenvalue weighted by Gasteiger charge is -2.16. The lowest BCUT2D eigenvalue weighted by Crippen LogP contribution is -2.28. The van der Waals surface area contributed by atoms with Gasteiger partial charge in [0.05, 0.1) is 11.6 Å². The SMILES string of the molecule is Cc1nc2sccn2c(=O)c1CCN1CCC(Cc2c[nH]c3cc(C#N)ccc23)C1. The van der Waals surface area contributed by atoms with E-state index in [0.717, 1.165) is 54.2 Å². The molecule has 1 fully saturated rings. The molecule has 1 unspecified atom stereocenters. The Morgan fingerprint density at radius 2 is 2.30 bits per heavy atom. The fourth-order valence-corrected chi connectivity index (χ4v) is 5.35. The van der Waals surface area contributed by atoms with Gasteiger partial charge in [0.25, 0.3) is 5.56 Å². The molecule has 4 heterocycles. The third kappa shape index (κ3) is 3.42. The summed E-state index contributed by atoms with van der Waals surface area (Å²) in [4.78, 5) is 23.9. The van der Waals surface area contributed by atoms with Crippen LogP contribution in [0.1, 0.15) is 28.8 Å². The van der Waals surface area contributed by atoms with Gasteiger partial charge in [0.1, 0.15) is 0 Å². The molecule has 0 spiro atoms. The van der Waals surface area contributed by atoms with Crippen molar-refractivity contribution in [2.24, 2.45) is 5.92 Å². The van der Waals surface area contributed by atoms with Gasteiger partial charge in [0.2, 0.25) is 0 Å². The quantitative estimate of drug-likeness (QED) is 0.539. The molecule has 4 aromatic rings. The molecule has 1 atom stereocenters. The van der Waals surface area contributed by atoms with Gasteiger partial charge in [-0.2, -0.15) is 5.26 Å². The number of nitriles is 1. The first-order valence-electron chi connectivity index (χ1n) is 10.3. The summed E-state index contributed by atoms with van der Waals surface area (Å²) >= 11 is 1.50. The lowest BCUT2D eigenvalue weighted by molar-refractivity contribution is 0.327. The monoisotopic (exact) mass is 417 g/mol. The Bertz CT molecular complexity index is 1330. The second kappa shape index (κ2) is 7.71. The average molecular weight is 418 g/mol. The maximum atomic E-state index is 12.7. The summed E-state index contributed by atoms with van der Waals surface area (Å²) in [6.45, 7) is 4.96. The zero-order valence-electron chi connectivity index (χ0n) is 16.9. The van der Waals surface area contributed by atoms with Crippen LogP contribution < -0.4 is 5.56 Å². The number of likely N-dealkylation sites (tertiary alicyclic amines) is 1. The number of aryl methyl sites for hydroxylation is 1. The molecule has 0 amide bonds. The number of thiazole rings is 1. The molecule has 0 aliphatic carbocycles. The Kier molecular flexibility index (Phi) is 4.89. The van der Waals surface area contributed by atoms with E-state index in [1.54, 1.807) is 4.40 Å². The molecular formula is C23H23N5OS. The molecule has 7 heteroatoms. The van der Waals surface area contributed by atoms with Crippen LogP contribution in [-0.2, 0) is 12.8 Å². The first-order valence-corrected chi connectivity index (χ1v) is 11.2. The zero-order chi connectivity index (χ0) is 20.7. The predicted molar refractivity (Wildman–Crippen MR) is 119 cm³/mol. The number of nitrogens with one attached hydrogen (secondary N) is 1. The summed E-state index contributed by atoms with van der Waals surface area (Å²) in [5.41, 5.74) is 4.80. The summed E-state index contributed by atoms with van der Waals surface area (Å²) in [6.07, 6.45) is 6.84. The summed E-state index contributed by atoms with van der Waals surface area (Å²) in [5.74, 6) is 0.610. The van der Waals surface area contributed by atoms with Crippen LogP contribution in [0.15, 0.2) is 40.8 Å². The van der Waals surface area contributed by atoms with E-state index in [1.807, 2.05) is 30.6 Å². The van der Waals surface area contributed by atoms with Crippen LogP contribution in [0.2, 0.25) is 0 Å². The highest BCUT2D eigenvalue weighted by molar-refractivity contribution is 7.15. The first kappa shape index (κ1) is 19.0. The molecule has 3 aromatic heterocycles. The number of rotatable bonds is 5. The molecule has 6 nitrogen and oxygen atoms in total. The zero-order valence-corrected chi connectivity index (χ0v) is 17.7. The van der Waals surface area contributed by atoms with Crippen molar-refractivity contribution >= 4 is 27.2 Å². The fourth-order valence-electron chi connectivity index (χ4n) is 4.59. The predicted octanol–water partition coefficient (Wildman–Crippen LogP) is 3.52. The minimum atomic E-state index is 0.0741. The van der Waals surface area contributed by atoms with Gasteiger partial charge >= 0.3 is 0 Å². The highest BCUT2D eigenvalue weighted by Crippen LogP contribution is 2.26. The van der Waals surface area contributed by atoms with Gasteiger partial charge in [-0.3, -0.25) is 9.20 Å². The Hall–Kier alpha value is -2.95. The van der Waals surface area contributed by atoms with Crippen LogP contribution >= 0.6 is 11.3 Å². The summed E-state index contributed by atoms with van der Waals surface area (Å²) in [7, 11) is 0. The molecule has 1 aliphatic heterocycles. The molecule has 152 valence electrons. The van der Waals surface area contributed by atoms with E-state index in [1.165, 1.54) is 28.7 Å². The second-order valence-electron chi connectivity index (χ2n) is 8.13. The van der Waals surface area contributed by atoms with Crippen LogP contribution in [0.25, 0.3) is 15.9 Å². The minimum Gasteiger partial charge on any atom is -0.361 e. The van der Waals surface area contributed by atoms with Crippen molar-refractivity contribution in [1.82, 2.24) is 19.3 Å². The number of nitrogens with zero attached hydrogens (tertiary/aromatic N) is 4. The number of aromatic amines is 1. The summed E-state index contributed by atoms with van der Waals surface area (Å²) in [6, 6.07) is 8.05. The molecule has 5 rings (SSSR count). The van der Waals surface area contributed by atoms with E-state index >= 15 is 0 Å². The Morgan fingerprint density at radius 1 is 1.40 bits per heavy atom. The normalized spacial score (nSPS) is 17.1. The second-order valence-corrected chi connectivity index (χ2v) is 9.01. The van der Waals surface area contributed by atoms with Gasteiger partial charge in [0, 0.05) is 53.0 Å². The minimum absolute atomic E-state index is 0.0741. The molecule has 1 aliphatic rings. The van der Waals surface area contributed by atoms with Gasteiger partial charge in [-0.25, -0.2) is 4.98 Å². The molecule has 0 bridgehead atoms. The summed E-state index contributed by atoms with van der Waals surface area (Å²) < 4.78 is 1.66. The van der Waals surface area contributed by atoms with Gasteiger partial charge in [-0.15, -0.1) is 11.3 Å². The molecule has 30 heavy (non-hydrogen) atoms. The van der Waals surface area contributed by atoms with E-state index in [4.69, 9.17) is 5.26 Å². The van der Waals surface area contributed by atoms with Crippen LogP contribution in [0.4, 0.5) is 0 Å². The number of H-pyrrole nitrogens is 1. The maximum Gasteiger partial charge on any atom is 0.261 e. The van der Waals surface area contributed by atoms with Crippen LogP contribution in [0.3, 0.4) is 0 Å². The van der Waals surface area contributed by atoms with E-state index in [-0.39, 0.29) is 5.56 Å². The topological polar surface area (TPSA) is 77.2 Å². The van der Waals surface area contributed by atoms with Crippen molar-refractivity contribution in [3.63, 3.8) is 0 Å². The van der Waals surface area contributed by atoms with Crippen molar-refractivity contribution in [2.45, 2.75) is 26.2 Å². The van der Waals surface area contributed by atoms with Crippen molar-refractivity contribution in [3.8, 4) is 6.07 Å². The summed E-state index contributed by atoms with van der Waals surface area (Å²) in [5, 5.41) is 12.2. The van der Waals surface area contributed by atoms with Crippen LogP contribution in [0.5, 0.6) is 0 Å². The fraction of sp³-hybridized carbons (Fsp3) is 0.348. The Morgan fingerprint density at radius 3 is 3.17 bits per heavy atom. The lowest BCUT2D eigenvalue weighted by atomic mass is 9.98. The number of fused-ring (bicyclic) bond motifs is 2. The molecule has 1 N–H and O–H groups in total. The molecule has 0 radical (unpaired) electrons. The third-order valence-corrected chi connectivity index (χ3v) is 6.98. The molecule has 1 saturated heterocycles. The average Bonchev–Trinajstić information content (AvgIpc) is 3.48. The number of hydrogen-bond acceptors (Lipinski definition) is 5. The van der Waals surface area contributed by atoms with Gasteiger partial charge in [-0.05, 0) is 56.3 Å². The van der Waals surface area contributed by atoms with E-state index in [0.29, 0.717) is 11.5 Å². The molecule has 0 saturated carbocycles. The number of benzene rings is 1.